The number of hydrogen-bond donors (Lipinski definition) is 1. The fourth-order valence-electron chi connectivity index (χ4n) is 1.57. The Hall–Kier alpha value is -0.720. The standard InChI is InChI=1S/C11H14BrN3OS/c1-11(2,3)10-9(17-15-14-10)7(13)8-6(12)4-5-16-8/h4-5,7H,13H2,1-3H3. The number of rotatable bonds is 2. The monoisotopic (exact) mass is 315 g/mol. The normalized spacial score (nSPS) is 13.9. The summed E-state index contributed by atoms with van der Waals surface area (Å²) < 4.78 is 10.3. The third kappa shape index (κ3) is 2.43. The third-order valence-electron chi connectivity index (χ3n) is 2.43. The molecule has 0 spiro atoms. The van der Waals surface area contributed by atoms with E-state index in [1.54, 1.807) is 6.26 Å². The van der Waals surface area contributed by atoms with Crippen LogP contribution in [0.4, 0.5) is 0 Å². The molecular formula is C11H14BrN3OS. The summed E-state index contributed by atoms with van der Waals surface area (Å²) in [6.07, 6.45) is 1.62. The molecule has 2 N–H and O–H groups in total. The lowest BCUT2D eigenvalue weighted by atomic mass is 9.90. The van der Waals surface area contributed by atoms with Gasteiger partial charge in [-0.1, -0.05) is 25.3 Å². The van der Waals surface area contributed by atoms with E-state index in [9.17, 15) is 0 Å². The smallest absolute Gasteiger partial charge is 0.140 e. The van der Waals surface area contributed by atoms with Crippen molar-refractivity contribution >= 4 is 27.5 Å². The van der Waals surface area contributed by atoms with E-state index in [-0.39, 0.29) is 11.5 Å². The molecule has 0 aliphatic carbocycles. The maximum Gasteiger partial charge on any atom is 0.140 e. The second-order valence-electron chi connectivity index (χ2n) is 4.85. The van der Waals surface area contributed by atoms with Gasteiger partial charge in [0.2, 0.25) is 0 Å². The quantitative estimate of drug-likeness (QED) is 0.924. The Morgan fingerprint density at radius 1 is 1.47 bits per heavy atom. The summed E-state index contributed by atoms with van der Waals surface area (Å²) in [7, 11) is 0. The molecule has 0 bridgehead atoms. The first-order chi connectivity index (χ1) is 7.91. The van der Waals surface area contributed by atoms with Crippen LogP contribution < -0.4 is 5.73 Å². The average molecular weight is 316 g/mol. The summed E-state index contributed by atoms with van der Waals surface area (Å²) in [6.45, 7) is 6.28. The van der Waals surface area contributed by atoms with Crippen molar-refractivity contribution in [2.24, 2.45) is 5.73 Å². The molecular weight excluding hydrogens is 302 g/mol. The van der Waals surface area contributed by atoms with Gasteiger partial charge in [0, 0.05) is 5.41 Å². The van der Waals surface area contributed by atoms with Gasteiger partial charge in [-0.3, -0.25) is 0 Å². The van der Waals surface area contributed by atoms with Gasteiger partial charge in [-0.05, 0) is 33.5 Å². The molecule has 2 aromatic heterocycles. The van der Waals surface area contributed by atoms with Crippen LogP contribution in [0.1, 0.15) is 43.1 Å². The molecule has 0 fully saturated rings. The Morgan fingerprint density at radius 2 is 2.18 bits per heavy atom. The third-order valence-corrected chi connectivity index (χ3v) is 3.90. The van der Waals surface area contributed by atoms with Crippen LogP contribution in [0.5, 0.6) is 0 Å². The molecule has 0 aromatic carbocycles. The van der Waals surface area contributed by atoms with Gasteiger partial charge in [0.05, 0.1) is 21.3 Å². The zero-order valence-corrected chi connectivity index (χ0v) is 12.3. The fourth-order valence-corrected chi connectivity index (χ4v) is 2.88. The number of halogens is 1. The molecule has 0 aliphatic rings. The molecule has 0 amide bonds. The molecule has 1 unspecified atom stereocenters. The molecule has 4 nitrogen and oxygen atoms in total. The molecule has 0 radical (unpaired) electrons. The second-order valence-corrected chi connectivity index (χ2v) is 6.49. The predicted molar refractivity (Wildman–Crippen MR) is 71.0 cm³/mol. The van der Waals surface area contributed by atoms with Crippen molar-refractivity contribution in [1.29, 1.82) is 0 Å². The van der Waals surface area contributed by atoms with E-state index in [1.807, 2.05) is 6.07 Å². The first-order valence-electron chi connectivity index (χ1n) is 5.22. The largest absolute Gasteiger partial charge is 0.466 e. The lowest BCUT2D eigenvalue weighted by Crippen LogP contribution is -2.19. The minimum Gasteiger partial charge on any atom is -0.466 e. The molecule has 0 saturated heterocycles. The van der Waals surface area contributed by atoms with E-state index < -0.39 is 0 Å². The van der Waals surface area contributed by atoms with Gasteiger partial charge in [-0.25, -0.2) is 0 Å². The van der Waals surface area contributed by atoms with Crippen LogP contribution in [0.15, 0.2) is 21.2 Å². The summed E-state index contributed by atoms with van der Waals surface area (Å²) in [4.78, 5) is 0.952. The molecule has 0 aliphatic heterocycles. The van der Waals surface area contributed by atoms with Crippen LogP contribution in [0.3, 0.4) is 0 Å². The minimum absolute atomic E-state index is 0.0704. The molecule has 2 rings (SSSR count). The van der Waals surface area contributed by atoms with Gasteiger partial charge in [-0.15, -0.1) is 5.10 Å². The maximum absolute atomic E-state index is 6.21. The topological polar surface area (TPSA) is 64.9 Å². The molecule has 2 aromatic rings. The molecule has 2 heterocycles. The Morgan fingerprint density at radius 3 is 2.71 bits per heavy atom. The lowest BCUT2D eigenvalue weighted by molar-refractivity contribution is 0.482. The van der Waals surface area contributed by atoms with Gasteiger partial charge in [0.1, 0.15) is 11.8 Å². The number of nitrogens with zero attached hydrogens (tertiary/aromatic N) is 2. The number of furan rings is 1. The van der Waals surface area contributed by atoms with E-state index in [1.165, 1.54) is 11.5 Å². The van der Waals surface area contributed by atoms with E-state index in [2.05, 4.69) is 46.3 Å². The predicted octanol–water partition coefficient (Wildman–Crippen LogP) is 3.24. The van der Waals surface area contributed by atoms with Crippen molar-refractivity contribution in [1.82, 2.24) is 9.59 Å². The van der Waals surface area contributed by atoms with Crippen molar-refractivity contribution in [3.63, 3.8) is 0 Å². The van der Waals surface area contributed by atoms with E-state index in [4.69, 9.17) is 10.2 Å². The van der Waals surface area contributed by atoms with Crippen molar-refractivity contribution in [2.45, 2.75) is 32.2 Å². The first-order valence-corrected chi connectivity index (χ1v) is 6.79. The second kappa shape index (κ2) is 4.51. The lowest BCUT2D eigenvalue weighted by Gasteiger charge is -2.18. The van der Waals surface area contributed by atoms with E-state index in [0.29, 0.717) is 5.76 Å². The van der Waals surface area contributed by atoms with Gasteiger partial charge in [-0.2, -0.15) is 0 Å². The Kier molecular flexibility index (Phi) is 3.38. The molecule has 92 valence electrons. The molecule has 1 atom stereocenters. The summed E-state index contributed by atoms with van der Waals surface area (Å²) in [5.74, 6) is 0.710. The summed E-state index contributed by atoms with van der Waals surface area (Å²) in [5, 5.41) is 4.18. The van der Waals surface area contributed by atoms with Crippen LogP contribution in [-0.4, -0.2) is 9.59 Å². The highest BCUT2D eigenvalue weighted by atomic mass is 79.9. The Balaban J connectivity index is 2.42. The minimum atomic E-state index is -0.325. The van der Waals surface area contributed by atoms with Crippen LogP contribution >= 0.6 is 27.5 Å². The van der Waals surface area contributed by atoms with E-state index in [0.717, 1.165) is 15.0 Å². The van der Waals surface area contributed by atoms with Crippen LogP contribution in [0, 0.1) is 0 Å². The van der Waals surface area contributed by atoms with Crippen LogP contribution in [0.25, 0.3) is 0 Å². The Labute approximate surface area is 113 Å². The summed E-state index contributed by atoms with van der Waals surface area (Å²) >= 11 is 4.74. The van der Waals surface area contributed by atoms with E-state index >= 15 is 0 Å². The fraction of sp³-hybridized carbons (Fsp3) is 0.455. The van der Waals surface area contributed by atoms with Gasteiger partial charge in [0.15, 0.2) is 0 Å². The highest BCUT2D eigenvalue weighted by molar-refractivity contribution is 9.10. The highest BCUT2D eigenvalue weighted by Gasteiger charge is 2.28. The molecule has 6 heteroatoms. The van der Waals surface area contributed by atoms with Crippen molar-refractivity contribution in [3.05, 3.63) is 33.1 Å². The first kappa shape index (κ1) is 12.7. The SMILES string of the molecule is CC(C)(C)c1nnsc1C(N)c1occc1Br. The number of nitrogens with two attached hydrogens (primary N) is 1. The zero-order valence-electron chi connectivity index (χ0n) is 9.90. The van der Waals surface area contributed by atoms with Gasteiger partial charge >= 0.3 is 0 Å². The maximum atomic E-state index is 6.21. The molecule has 17 heavy (non-hydrogen) atoms. The Bertz CT molecular complexity index is 515. The molecule has 0 saturated carbocycles. The number of aromatic nitrogens is 2. The van der Waals surface area contributed by atoms with Crippen LogP contribution in [-0.2, 0) is 5.41 Å². The van der Waals surface area contributed by atoms with Crippen molar-refractivity contribution in [3.8, 4) is 0 Å². The van der Waals surface area contributed by atoms with Crippen LogP contribution in [0.2, 0.25) is 0 Å². The summed E-state index contributed by atoms with van der Waals surface area (Å²) in [5.41, 5.74) is 7.07. The zero-order chi connectivity index (χ0) is 12.6. The number of hydrogen-bond acceptors (Lipinski definition) is 5. The van der Waals surface area contributed by atoms with Gasteiger partial charge in [0.25, 0.3) is 0 Å². The summed E-state index contributed by atoms with van der Waals surface area (Å²) in [6, 6.07) is 1.51. The van der Waals surface area contributed by atoms with Gasteiger partial charge < -0.3 is 10.2 Å². The van der Waals surface area contributed by atoms with Crippen molar-refractivity contribution in [2.75, 3.05) is 0 Å². The highest BCUT2D eigenvalue weighted by Crippen LogP contribution is 2.35. The average Bonchev–Trinajstić information content (AvgIpc) is 2.82. The van der Waals surface area contributed by atoms with Crippen molar-refractivity contribution < 1.29 is 4.42 Å².